The zero-order chi connectivity index (χ0) is 15.7. The van der Waals surface area contributed by atoms with Gasteiger partial charge in [-0.3, -0.25) is 9.48 Å². The predicted octanol–water partition coefficient (Wildman–Crippen LogP) is 3.50. The Morgan fingerprint density at radius 1 is 1.41 bits per heavy atom. The van der Waals surface area contributed by atoms with Crippen molar-refractivity contribution in [2.75, 3.05) is 5.32 Å². The minimum atomic E-state index is -0.133. The lowest BCUT2D eigenvalue weighted by Gasteiger charge is -2.25. The van der Waals surface area contributed by atoms with Gasteiger partial charge in [0.1, 0.15) is 5.75 Å². The number of rotatable bonds is 4. The number of carbonyl (C=O) groups excluding carboxylic acids is 1. The lowest BCUT2D eigenvalue weighted by molar-refractivity contribution is -0.114. The molecule has 0 unspecified atom stereocenters. The van der Waals surface area contributed by atoms with Crippen LogP contribution in [0.2, 0.25) is 0 Å². The number of carbonyl (C=O) groups is 1. The Balaban J connectivity index is 1.99. The lowest BCUT2D eigenvalue weighted by Crippen LogP contribution is -2.14. The molecule has 1 aliphatic rings. The summed E-state index contributed by atoms with van der Waals surface area (Å²) in [6.07, 6.45) is 3.70. The third-order valence-electron chi connectivity index (χ3n) is 4.23. The first-order chi connectivity index (χ1) is 10.6. The summed E-state index contributed by atoms with van der Waals surface area (Å²) in [6.45, 7) is 4.36. The van der Waals surface area contributed by atoms with E-state index >= 15 is 0 Å². The monoisotopic (exact) mass is 299 g/mol. The van der Waals surface area contributed by atoms with E-state index in [0.717, 1.165) is 12.2 Å². The van der Waals surface area contributed by atoms with Gasteiger partial charge >= 0.3 is 0 Å². The Labute approximate surface area is 130 Å². The molecule has 2 N–H and O–H groups in total. The van der Waals surface area contributed by atoms with Gasteiger partial charge in [0.25, 0.3) is 0 Å². The third-order valence-corrected chi connectivity index (χ3v) is 4.23. The van der Waals surface area contributed by atoms with Crippen LogP contribution in [0.4, 0.5) is 5.69 Å². The highest BCUT2D eigenvalue weighted by molar-refractivity contribution is 5.90. The van der Waals surface area contributed by atoms with E-state index in [1.165, 1.54) is 31.9 Å². The maximum absolute atomic E-state index is 11.2. The SMILES string of the molecule is CCn1nc(-c2cc(NC(C)=O)ccc2O)cc1C1CCC1. The van der Waals surface area contributed by atoms with Crippen molar-refractivity contribution in [3.05, 3.63) is 30.0 Å². The van der Waals surface area contributed by atoms with Crippen molar-refractivity contribution >= 4 is 11.6 Å². The summed E-state index contributed by atoms with van der Waals surface area (Å²) in [7, 11) is 0. The van der Waals surface area contributed by atoms with Crippen LogP contribution in [0.15, 0.2) is 24.3 Å². The molecule has 1 fully saturated rings. The van der Waals surface area contributed by atoms with Gasteiger partial charge in [0.2, 0.25) is 5.91 Å². The zero-order valence-corrected chi connectivity index (χ0v) is 13.0. The van der Waals surface area contributed by atoms with Crippen LogP contribution in [-0.4, -0.2) is 20.8 Å². The van der Waals surface area contributed by atoms with Crippen LogP contribution < -0.4 is 5.32 Å². The number of nitrogens with one attached hydrogen (secondary N) is 1. The number of aromatic hydroxyl groups is 1. The van der Waals surface area contributed by atoms with Gasteiger partial charge in [-0.25, -0.2) is 0 Å². The van der Waals surface area contributed by atoms with Crippen LogP contribution in [0.25, 0.3) is 11.3 Å². The molecule has 1 aliphatic carbocycles. The summed E-state index contributed by atoms with van der Waals surface area (Å²) in [5, 5.41) is 17.5. The number of aryl methyl sites for hydroxylation is 1. The van der Waals surface area contributed by atoms with E-state index in [-0.39, 0.29) is 11.7 Å². The summed E-state index contributed by atoms with van der Waals surface area (Å²) in [4.78, 5) is 11.2. The van der Waals surface area contributed by atoms with Crippen LogP contribution in [-0.2, 0) is 11.3 Å². The van der Waals surface area contributed by atoms with Crippen molar-refractivity contribution in [2.45, 2.75) is 45.6 Å². The van der Waals surface area contributed by atoms with Crippen LogP contribution in [0, 0.1) is 0 Å². The van der Waals surface area contributed by atoms with Gasteiger partial charge < -0.3 is 10.4 Å². The molecule has 5 nitrogen and oxygen atoms in total. The standard InChI is InChI=1S/C17H21N3O2/c1-3-20-16(12-5-4-6-12)10-15(19-20)14-9-13(18-11(2)21)7-8-17(14)22/h7-10,12,22H,3-6H2,1-2H3,(H,18,21). The number of phenols is 1. The minimum Gasteiger partial charge on any atom is -0.507 e. The molecule has 0 aliphatic heterocycles. The molecule has 22 heavy (non-hydrogen) atoms. The fraction of sp³-hybridized carbons (Fsp3) is 0.412. The Morgan fingerprint density at radius 3 is 2.77 bits per heavy atom. The summed E-state index contributed by atoms with van der Waals surface area (Å²) in [6, 6.07) is 7.11. The van der Waals surface area contributed by atoms with E-state index in [4.69, 9.17) is 0 Å². The quantitative estimate of drug-likeness (QED) is 0.849. The number of nitrogens with zero attached hydrogens (tertiary/aromatic N) is 2. The average molecular weight is 299 g/mol. The topological polar surface area (TPSA) is 67.2 Å². The van der Waals surface area contributed by atoms with Gasteiger partial charge in [-0.2, -0.15) is 5.10 Å². The first kappa shape index (κ1) is 14.6. The van der Waals surface area contributed by atoms with Gasteiger partial charge in [-0.05, 0) is 44.0 Å². The van der Waals surface area contributed by atoms with Gasteiger partial charge in [0.15, 0.2) is 0 Å². The Bertz CT molecular complexity index is 702. The largest absolute Gasteiger partial charge is 0.507 e. The number of amides is 1. The highest BCUT2D eigenvalue weighted by Crippen LogP contribution is 2.39. The molecule has 1 aromatic heterocycles. The Hall–Kier alpha value is -2.30. The van der Waals surface area contributed by atoms with Gasteiger partial charge in [-0.1, -0.05) is 6.42 Å². The number of aromatic nitrogens is 2. The highest BCUT2D eigenvalue weighted by atomic mass is 16.3. The first-order valence-electron chi connectivity index (χ1n) is 7.77. The molecule has 0 radical (unpaired) electrons. The molecular formula is C17H21N3O2. The van der Waals surface area contributed by atoms with Crippen molar-refractivity contribution in [1.29, 1.82) is 0 Å². The van der Waals surface area contributed by atoms with Crippen molar-refractivity contribution in [3.63, 3.8) is 0 Å². The molecule has 0 spiro atoms. The molecule has 1 aromatic carbocycles. The Kier molecular flexibility index (Phi) is 3.88. The molecule has 1 heterocycles. The molecule has 1 saturated carbocycles. The second kappa shape index (κ2) is 5.83. The summed E-state index contributed by atoms with van der Waals surface area (Å²) in [5.74, 6) is 0.628. The first-order valence-corrected chi connectivity index (χ1v) is 7.77. The molecule has 0 bridgehead atoms. The van der Waals surface area contributed by atoms with E-state index < -0.39 is 0 Å². The number of hydrogen-bond donors (Lipinski definition) is 2. The van der Waals surface area contributed by atoms with Crippen LogP contribution in [0.5, 0.6) is 5.75 Å². The van der Waals surface area contributed by atoms with E-state index in [1.54, 1.807) is 18.2 Å². The van der Waals surface area contributed by atoms with Crippen LogP contribution >= 0.6 is 0 Å². The molecule has 1 amide bonds. The maximum Gasteiger partial charge on any atom is 0.221 e. The highest BCUT2D eigenvalue weighted by Gasteiger charge is 2.24. The maximum atomic E-state index is 11.2. The van der Waals surface area contributed by atoms with Crippen molar-refractivity contribution in [3.8, 4) is 17.0 Å². The molecule has 116 valence electrons. The van der Waals surface area contributed by atoms with Crippen molar-refractivity contribution in [2.24, 2.45) is 0 Å². The van der Waals surface area contributed by atoms with E-state index in [9.17, 15) is 9.90 Å². The fourth-order valence-electron chi connectivity index (χ4n) is 2.87. The van der Waals surface area contributed by atoms with Crippen molar-refractivity contribution < 1.29 is 9.90 Å². The molecule has 5 heteroatoms. The smallest absolute Gasteiger partial charge is 0.221 e. The third kappa shape index (κ3) is 2.71. The number of hydrogen-bond acceptors (Lipinski definition) is 3. The molecule has 0 saturated heterocycles. The van der Waals surface area contributed by atoms with Crippen LogP contribution in [0.1, 0.15) is 44.7 Å². The molecule has 2 aromatic rings. The second-order valence-corrected chi connectivity index (χ2v) is 5.81. The minimum absolute atomic E-state index is 0.133. The van der Waals surface area contributed by atoms with E-state index in [2.05, 4.69) is 23.4 Å². The predicted molar refractivity (Wildman–Crippen MR) is 85.9 cm³/mol. The summed E-state index contributed by atoms with van der Waals surface area (Å²) < 4.78 is 2.02. The summed E-state index contributed by atoms with van der Waals surface area (Å²) >= 11 is 0. The lowest BCUT2D eigenvalue weighted by atomic mass is 9.82. The molecular weight excluding hydrogens is 278 g/mol. The number of anilines is 1. The normalized spacial score (nSPS) is 14.6. The molecule has 3 rings (SSSR count). The van der Waals surface area contributed by atoms with Gasteiger partial charge in [0, 0.05) is 36.3 Å². The molecule has 0 atom stereocenters. The van der Waals surface area contributed by atoms with Crippen molar-refractivity contribution in [1.82, 2.24) is 9.78 Å². The summed E-state index contributed by atoms with van der Waals surface area (Å²) in [5.41, 5.74) is 3.32. The van der Waals surface area contributed by atoms with Gasteiger partial charge in [-0.15, -0.1) is 0 Å². The van der Waals surface area contributed by atoms with Crippen LogP contribution in [0.3, 0.4) is 0 Å². The second-order valence-electron chi connectivity index (χ2n) is 5.81. The fourth-order valence-corrected chi connectivity index (χ4v) is 2.87. The Morgan fingerprint density at radius 2 is 2.18 bits per heavy atom. The number of benzene rings is 1. The average Bonchev–Trinajstić information content (AvgIpc) is 2.82. The van der Waals surface area contributed by atoms with E-state index in [0.29, 0.717) is 17.2 Å². The van der Waals surface area contributed by atoms with E-state index in [1.807, 2.05) is 4.68 Å². The van der Waals surface area contributed by atoms with Gasteiger partial charge in [0.05, 0.1) is 5.69 Å². The number of phenolic OH excluding ortho intramolecular Hbond substituents is 1. The zero-order valence-electron chi connectivity index (χ0n) is 13.0.